The van der Waals surface area contributed by atoms with Crippen molar-refractivity contribution in [2.75, 3.05) is 24.3 Å². The van der Waals surface area contributed by atoms with E-state index in [0.717, 1.165) is 6.20 Å². The Balaban J connectivity index is 2.17. The Morgan fingerprint density at radius 2 is 1.77 bits per heavy atom. The van der Waals surface area contributed by atoms with Gasteiger partial charge in [-0.15, -0.1) is 0 Å². The van der Waals surface area contributed by atoms with Crippen LogP contribution in [0.1, 0.15) is 13.8 Å². The molecule has 0 atom stereocenters. The van der Waals surface area contributed by atoms with Gasteiger partial charge in [0.15, 0.2) is 5.57 Å². The molecular weight excluding hydrogens is 291 g/mol. The van der Waals surface area contributed by atoms with Crippen LogP contribution in [0.3, 0.4) is 0 Å². The molecule has 1 aliphatic heterocycles. The minimum absolute atomic E-state index is 0.281. The first-order valence-corrected chi connectivity index (χ1v) is 6.60. The highest BCUT2D eigenvalue weighted by Crippen LogP contribution is 2.24. The zero-order valence-corrected chi connectivity index (χ0v) is 12.8. The second kappa shape index (κ2) is 5.67. The van der Waals surface area contributed by atoms with E-state index in [2.05, 4.69) is 5.32 Å². The van der Waals surface area contributed by atoms with Gasteiger partial charge in [0.05, 0.1) is 5.69 Å². The fraction of sp³-hybridized carbons (Fsp3) is 0.333. The Morgan fingerprint density at radius 3 is 2.27 bits per heavy atom. The average molecular weight is 308 g/mol. The highest BCUT2D eigenvalue weighted by molar-refractivity contribution is 6.15. The number of rotatable bonds is 3. The van der Waals surface area contributed by atoms with Gasteiger partial charge in [-0.2, -0.15) is 0 Å². The number of hydrogen-bond acceptors (Lipinski definition) is 6. The molecule has 1 saturated heterocycles. The molecular formula is C15H17FN2O4. The van der Waals surface area contributed by atoms with Crippen molar-refractivity contribution in [3.63, 3.8) is 0 Å². The van der Waals surface area contributed by atoms with Gasteiger partial charge in [-0.05, 0) is 18.2 Å². The SMILES string of the molecule is CN(C)c1ccc(NC=C2C(=O)OC(C)(C)OC2=O)cc1F. The zero-order chi connectivity index (χ0) is 16.5. The van der Waals surface area contributed by atoms with Gasteiger partial charge < -0.3 is 19.7 Å². The molecule has 22 heavy (non-hydrogen) atoms. The van der Waals surface area contributed by atoms with Gasteiger partial charge in [0.1, 0.15) is 5.82 Å². The minimum atomic E-state index is -1.29. The molecule has 1 heterocycles. The van der Waals surface area contributed by atoms with E-state index in [0.29, 0.717) is 11.4 Å². The second-order valence-electron chi connectivity index (χ2n) is 5.44. The van der Waals surface area contributed by atoms with Crippen molar-refractivity contribution in [1.82, 2.24) is 0 Å². The molecule has 0 unspecified atom stereocenters. The molecule has 0 amide bonds. The smallest absolute Gasteiger partial charge is 0.350 e. The molecule has 0 aliphatic carbocycles. The van der Waals surface area contributed by atoms with Crippen LogP contribution in [-0.4, -0.2) is 31.8 Å². The molecule has 0 aromatic heterocycles. The fourth-order valence-corrected chi connectivity index (χ4v) is 1.89. The van der Waals surface area contributed by atoms with Crippen LogP contribution in [0.5, 0.6) is 0 Å². The number of ether oxygens (including phenoxy) is 2. The number of carbonyl (C=O) groups is 2. The molecule has 118 valence electrons. The van der Waals surface area contributed by atoms with Gasteiger partial charge in [0.25, 0.3) is 5.79 Å². The summed E-state index contributed by atoms with van der Waals surface area (Å²) in [7, 11) is 3.45. The van der Waals surface area contributed by atoms with Crippen molar-refractivity contribution < 1.29 is 23.5 Å². The number of nitrogens with one attached hydrogen (secondary N) is 1. The molecule has 1 aromatic carbocycles. The second-order valence-corrected chi connectivity index (χ2v) is 5.44. The van der Waals surface area contributed by atoms with Crippen molar-refractivity contribution in [3.8, 4) is 0 Å². The van der Waals surface area contributed by atoms with Gasteiger partial charge in [-0.1, -0.05) is 0 Å². The number of cyclic esters (lactones) is 2. The third-order valence-corrected chi connectivity index (χ3v) is 2.93. The number of carbonyl (C=O) groups excluding carboxylic acids is 2. The van der Waals surface area contributed by atoms with Crippen LogP contribution in [0.2, 0.25) is 0 Å². The third kappa shape index (κ3) is 3.36. The molecule has 0 saturated carbocycles. The van der Waals surface area contributed by atoms with Crippen LogP contribution in [-0.2, 0) is 19.1 Å². The molecule has 7 heteroatoms. The van der Waals surface area contributed by atoms with Gasteiger partial charge >= 0.3 is 11.9 Å². The Morgan fingerprint density at radius 1 is 1.18 bits per heavy atom. The lowest BCUT2D eigenvalue weighted by molar-refractivity contribution is -0.222. The van der Waals surface area contributed by atoms with Crippen LogP contribution in [0.25, 0.3) is 0 Å². The quantitative estimate of drug-likeness (QED) is 0.523. The van der Waals surface area contributed by atoms with Crippen LogP contribution in [0, 0.1) is 5.82 Å². The van der Waals surface area contributed by atoms with Crippen molar-refractivity contribution in [2.45, 2.75) is 19.6 Å². The van der Waals surface area contributed by atoms with E-state index >= 15 is 0 Å². The molecule has 1 N–H and O–H groups in total. The largest absolute Gasteiger partial charge is 0.419 e. The van der Waals surface area contributed by atoms with Crippen molar-refractivity contribution in [3.05, 3.63) is 35.8 Å². The lowest BCUT2D eigenvalue weighted by Crippen LogP contribution is -2.42. The molecule has 0 spiro atoms. The number of nitrogens with zero attached hydrogens (tertiary/aromatic N) is 1. The summed E-state index contributed by atoms with van der Waals surface area (Å²) in [4.78, 5) is 25.1. The van der Waals surface area contributed by atoms with Crippen molar-refractivity contribution >= 4 is 23.3 Å². The van der Waals surface area contributed by atoms with E-state index in [9.17, 15) is 14.0 Å². The Labute approximate surface area is 127 Å². The summed E-state index contributed by atoms with van der Waals surface area (Å²) in [5.41, 5.74) is 0.536. The third-order valence-electron chi connectivity index (χ3n) is 2.93. The Kier molecular flexibility index (Phi) is 4.07. The van der Waals surface area contributed by atoms with Crippen LogP contribution < -0.4 is 10.2 Å². The summed E-state index contributed by atoms with van der Waals surface area (Å²) in [6, 6.07) is 4.46. The Hall–Kier alpha value is -2.57. The van der Waals surface area contributed by atoms with Gasteiger partial charge in [-0.25, -0.2) is 14.0 Å². The predicted octanol–water partition coefficient (Wildman–Crippen LogP) is 2.02. The topological polar surface area (TPSA) is 67.9 Å². The number of hydrogen-bond donors (Lipinski definition) is 1. The van der Waals surface area contributed by atoms with Gasteiger partial charge in [-0.3, -0.25) is 0 Å². The van der Waals surface area contributed by atoms with Crippen LogP contribution >= 0.6 is 0 Å². The van der Waals surface area contributed by atoms with E-state index < -0.39 is 23.5 Å². The summed E-state index contributed by atoms with van der Waals surface area (Å²) >= 11 is 0. The molecule has 6 nitrogen and oxygen atoms in total. The number of halogens is 1. The highest BCUT2D eigenvalue weighted by atomic mass is 19.1. The monoisotopic (exact) mass is 308 g/mol. The predicted molar refractivity (Wildman–Crippen MR) is 78.7 cm³/mol. The molecule has 2 rings (SSSR count). The van der Waals surface area contributed by atoms with E-state index in [4.69, 9.17) is 9.47 Å². The maximum absolute atomic E-state index is 13.8. The highest BCUT2D eigenvalue weighted by Gasteiger charge is 2.38. The summed E-state index contributed by atoms with van der Waals surface area (Å²) in [6.07, 6.45) is 1.14. The molecule has 0 bridgehead atoms. The summed E-state index contributed by atoms with van der Waals surface area (Å²) < 4.78 is 23.7. The fourth-order valence-electron chi connectivity index (χ4n) is 1.89. The lowest BCUT2D eigenvalue weighted by atomic mass is 10.2. The molecule has 1 fully saturated rings. The van der Waals surface area contributed by atoms with Crippen molar-refractivity contribution in [1.29, 1.82) is 0 Å². The summed E-state index contributed by atoms with van der Waals surface area (Å²) in [5, 5.41) is 2.69. The molecule has 0 radical (unpaired) electrons. The van der Waals surface area contributed by atoms with Crippen LogP contribution in [0.4, 0.5) is 15.8 Å². The number of esters is 2. The minimum Gasteiger partial charge on any atom is -0.419 e. The maximum Gasteiger partial charge on any atom is 0.350 e. The average Bonchev–Trinajstić information content (AvgIpc) is 2.35. The maximum atomic E-state index is 13.8. The normalized spacial score (nSPS) is 16.7. The summed E-state index contributed by atoms with van der Waals surface area (Å²) in [6.45, 7) is 2.92. The first-order valence-electron chi connectivity index (χ1n) is 6.60. The number of benzene rings is 1. The Bertz CT molecular complexity index is 631. The van der Waals surface area contributed by atoms with Gasteiger partial charge in [0, 0.05) is 39.8 Å². The van der Waals surface area contributed by atoms with E-state index in [-0.39, 0.29) is 5.57 Å². The van der Waals surface area contributed by atoms with Crippen molar-refractivity contribution in [2.24, 2.45) is 0 Å². The first kappa shape index (κ1) is 15.8. The van der Waals surface area contributed by atoms with E-state index in [1.807, 2.05) is 0 Å². The van der Waals surface area contributed by atoms with E-state index in [1.165, 1.54) is 19.9 Å². The summed E-state index contributed by atoms with van der Waals surface area (Å²) in [5.74, 6) is -3.30. The van der Waals surface area contributed by atoms with E-state index in [1.54, 1.807) is 31.1 Å². The number of anilines is 2. The first-order chi connectivity index (χ1) is 10.2. The lowest BCUT2D eigenvalue weighted by Gasteiger charge is -2.29. The van der Waals surface area contributed by atoms with Crippen LogP contribution in [0.15, 0.2) is 30.0 Å². The zero-order valence-electron chi connectivity index (χ0n) is 12.8. The standard InChI is InChI=1S/C15H17FN2O4/c1-15(2)21-13(19)10(14(20)22-15)8-17-9-5-6-12(18(3)4)11(16)7-9/h5-8,17H,1-4H3. The molecule has 1 aromatic rings. The van der Waals surface area contributed by atoms with Gasteiger partial charge in [0.2, 0.25) is 0 Å². The molecule has 1 aliphatic rings.